The Morgan fingerprint density at radius 2 is 1.92 bits per heavy atom. The highest BCUT2D eigenvalue weighted by atomic mass is 35.5. The minimum Gasteiger partial charge on any atom is -0.481 e. The van der Waals surface area contributed by atoms with Gasteiger partial charge in [0.25, 0.3) is 5.91 Å². The third-order valence-electron chi connectivity index (χ3n) is 7.23. The summed E-state index contributed by atoms with van der Waals surface area (Å²) in [5.41, 5.74) is 0.678. The molecule has 0 saturated heterocycles. The van der Waals surface area contributed by atoms with Crippen molar-refractivity contribution >= 4 is 58.0 Å². The van der Waals surface area contributed by atoms with Crippen LogP contribution in [0.5, 0.6) is 23.0 Å². The molecule has 1 unspecified atom stereocenters. The Bertz CT molecular complexity index is 1950. The van der Waals surface area contributed by atoms with Gasteiger partial charge in [0.2, 0.25) is 4.80 Å². The van der Waals surface area contributed by atoms with Crippen LogP contribution in [0.4, 0.5) is 15.8 Å². The molecule has 1 amide bonds. The van der Waals surface area contributed by atoms with Gasteiger partial charge in [0, 0.05) is 35.6 Å². The number of hydrogen-bond donors (Lipinski definition) is 0. The molecule has 3 aromatic carbocycles. The highest BCUT2D eigenvalue weighted by Crippen LogP contribution is 2.38. The van der Waals surface area contributed by atoms with Gasteiger partial charge in [-0.15, -0.1) is 6.42 Å². The van der Waals surface area contributed by atoms with Crippen LogP contribution >= 0.6 is 34.7 Å². The van der Waals surface area contributed by atoms with E-state index in [1.165, 1.54) is 35.7 Å². The number of methoxy groups -OCH3 is 1. The van der Waals surface area contributed by atoms with Gasteiger partial charge in [-0.3, -0.25) is 9.69 Å². The quantitative estimate of drug-likeness (QED) is 0.150. The number of ether oxygens (including phenoxy) is 4. The number of terminal acetylenes is 1. The lowest BCUT2D eigenvalue weighted by Crippen LogP contribution is -2.39. The first-order valence-electron chi connectivity index (χ1n) is 14.6. The Kier molecular flexibility index (Phi) is 10.6. The molecule has 1 aromatic heterocycles. The van der Waals surface area contributed by atoms with E-state index in [0.29, 0.717) is 43.5 Å². The van der Waals surface area contributed by atoms with Crippen molar-refractivity contribution < 1.29 is 32.9 Å². The lowest BCUT2D eigenvalue weighted by Gasteiger charge is -2.28. The fourth-order valence-electron chi connectivity index (χ4n) is 4.94. The second-order valence-corrected chi connectivity index (χ2v) is 13.2. The van der Waals surface area contributed by atoms with Gasteiger partial charge in [0.1, 0.15) is 34.5 Å². The minimum atomic E-state index is -0.678. The maximum atomic E-state index is 14.5. The van der Waals surface area contributed by atoms with Crippen molar-refractivity contribution in [1.82, 2.24) is 8.94 Å². The van der Waals surface area contributed by atoms with Gasteiger partial charge in [-0.2, -0.15) is 4.37 Å². The molecule has 3 heterocycles. The molecule has 250 valence electrons. The lowest BCUT2D eigenvalue weighted by atomic mass is 9.92. The second kappa shape index (κ2) is 14.7. The van der Waals surface area contributed by atoms with E-state index in [1.54, 1.807) is 49.4 Å². The monoisotopic (exact) mass is 712 g/mol. The van der Waals surface area contributed by atoms with Crippen LogP contribution in [0.15, 0.2) is 59.6 Å². The maximum absolute atomic E-state index is 14.5. The molecular weight excluding hydrogens is 682 g/mol. The van der Waals surface area contributed by atoms with Crippen LogP contribution in [0.3, 0.4) is 0 Å². The highest BCUT2D eigenvalue weighted by molar-refractivity contribution is 7.02. The molecule has 48 heavy (non-hydrogen) atoms. The summed E-state index contributed by atoms with van der Waals surface area (Å²) >= 11 is 13.1. The SMILES string of the molecule is C#CCN1C(=O)COc2cc(F)c(/N=c3\snc4n3CC(C)(C)C4)cc21.COC(=O)C(C)Oc1ccc(Oc2ccc(Cl)cc2Cl)cc1. The molecule has 6 rings (SSSR count). The Hall–Kier alpha value is -4.57. The van der Waals surface area contributed by atoms with E-state index in [-0.39, 0.29) is 30.2 Å². The van der Waals surface area contributed by atoms with E-state index in [1.807, 2.05) is 4.57 Å². The van der Waals surface area contributed by atoms with E-state index < -0.39 is 17.9 Å². The lowest BCUT2D eigenvalue weighted by molar-refractivity contribution is -0.147. The predicted octanol–water partition coefficient (Wildman–Crippen LogP) is 6.98. The summed E-state index contributed by atoms with van der Waals surface area (Å²) in [6.07, 6.45) is 5.54. The van der Waals surface area contributed by atoms with Crippen LogP contribution in [0.25, 0.3) is 0 Å². The standard InChI is InChI=1S/C18H17FN4O2S.C16H14Cl2O4/c1-4-5-22-13-7-12(11(19)6-14(13)25-9-16(22)24)20-17-23-10-18(2,3)8-15(23)21-26-17;1-10(16(19)20-2)21-12-4-6-13(7-5-12)22-15-8-3-11(17)9-14(15)18/h1,6-7H,5,8-10H2,2-3H3;3-10H,1-2H3/b20-17-;. The molecule has 2 aliphatic heterocycles. The zero-order valence-electron chi connectivity index (χ0n) is 26.5. The maximum Gasteiger partial charge on any atom is 0.346 e. The van der Waals surface area contributed by atoms with E-state index >= 15 is 0 Å². The van der Waals surface area contributed by atoms with Gasteiger partial charge in [-0.25, -0.2) is 14.2 Å². The molecule has 0 fully saturated rings. The Morgan fingerprint density at radius 3 is 2.60 bits per heavy atom. The summed E-state index contributed by atoms with van der Waals surface area (Å²) in [7, 11) is 1.31. The smallest absolute Gasteiger partial charge is 0.346 e. The van der Waals surface area contributed by atoms with Crippen molar-refractivity contribution in [3.05, 3.63) is 81.1 Å². The average molecular weight is 714 g/mol. The molecule has 2 aliphatic rings. The molecule has 0 radical (unpaired) electrons. The summed E-state index contributed by atoms with van der Waals surface area (Å²) in [5.74, 6) is 4.11. The first kappa shape index (κ1) is 34.8. The number of aromatic nitrogens is 2. The van der Waals surface area contributed by atoms with E-state index in [4.69, 9.17) is 43.8 Å². The van der Waals surface area contributed by atoms with Crippen molar-refractivity contribution in [1.29, 1.82) is 0 Å². The van der Waals surface area contributed by atoms with Gasteiger partial charge in [0.05, 0.1) is 24.4 Å². The van der Waals surface area contributed by atoms with Crippen LogP contribution < -0.4 is 23.9 Å². The largest absolute Gasteiger partial charge is 0.481 e. The fraction of sp³-hybridized carbons (Fsp3) is 0.294. The third-order valence-corrected chi connectivity index (χ3v) is 8.53. The molecule has 0 spiro atoms. The Labute approximate surface area is 290 Å². The molecule has 0 bridgehead atoms. The fourth-order valence-corrected chi connectivity index (χ4v) is 6.14. The number of amides is 1. The van der Waals surface area contributed by atoms with Gasteiger partial charge in [0.15, 0.2) is 18.5 Å². The van der Waals surface area contributed by atoms with Gasteiger partial charge < -0.3 is 23.5 Å². The average Bonchev–Trinajstić information content (AvgIpc) is 3.56. The first-order valence-corrected chi connectivity index (χ1v) is 16.2. The number of esters is 1. The van der Waals surface area contributed by atoms with Crippen LogP contribution in [0.2, 0.25) is 10.0 Å². The van der Waals surface area contributed by atoms with E-state index in [9.17, 15) is 14.0 Å². The number of carbonyl (C=O) groups excluding carboxylic acids is 2. The summed E-state index contributed by atoms with van der Waals surface area (Å²) in [6, 6.07) is 14.6. The number of fused-ring (bicyclic) bond motifs is 2. The molecule has 1 atom stereocenters. The Balaban J connectivity index is 0.000000191. The number of nitrogens with zero attached hydrogens (tertiary/aromatic N) is 4. The molecular formula is C34H31Cl2FN4O6S. The third kappa shape index (κ3) is 8.10. The Morgan fingerprint density at radius 1 is 1.19 bits per heavy atom. The molecule has 4 aromatic rings. The number of benzene rings is 3. The van der Waals surface area contributed by atoms with Gasteiger partial charge >= 0.3 is 5.97 Å². The van der Waals surface area contributed by atoms with Crippen molar-refractivity contribution in [2.24, 2.45) is 10.4 Å². The zero-order chi connectivity index (χ0) is 34.6. The van der Waals surface area contributed by atoms with Crippen LogP contribution in [0, 0.1) is 23.6 Å². The molecule has 0 N–H and O–H groups in total. The second-order valence-electron chi connectivity index (χ2n) is 11.6. The summed E-state index contributed by atoms with van der Waals surface area (Å²) < 4.78 is 42.0. The van der Waals surface area contributed by atoms with Crippen LogP contribution in [-0.4, -0.2) is 47.2 Å². The number of carbonyl (C=O) groups is 2. The van der Waals surface area contributed by atoms with Crippen molar-refractivity contribution in [3.63, 3.8) is 0 Å². The summed E-state index contributed by atoms with van der Waals surface area (Å²) in [4.78, 5) is 29.9. The first-order chi connectivity index (χ1) is 22.9. The van der Waals surface area contributed by atoms with Crippen molar-refractivity contribution in [2.45, 2.75) is 39.8 Å². The number of rotatable bonds is 7. The molecule has 0 saturated carbocycles. The number of anilines is 1. The summed E-state index contributed by atoms with van der Waals surface area (Å²) in [5, 5.41) is 0.963. The van der Waals surface area contributed by atoms with Crippen LogP contribution in [0.1, 0.15) is 26.6 Å². The predicted molar refractivity (Wildman–Crippen MR) is 181 cm³/mol. The number of halogens is 3. The van der Waals surface area contributed by atoms with Crippen molar-refractivity contribution in [2.75, 3.05) is 25.2 Å². The molecule has 10 nitrogen and oxygen atoms in total. The topological polar surface area (TPSA) is 104 Å². The number of hydrogen-bond acceptors (Lipinski definition) is 9. The van der Waals surface area contributed by atoms with E-state index in [0.717, 1.165) is 18.8 Å². The van der Waals surface area contributed by atoms with Crippen LogP contribution in [-0.2, 0) is 27.3 Å². The van der Waals surface area contributed by atoms with E-state index in [2.05, 4.69) is 33.9 Å². The van der Waals surface area contributed by atoms with Gasteiger partial charge in [-0.05, 0) is 60.9 Å². The zero-order valence-corrected chi connectivity index (χ0v) is 28.8. The highest BCUT2D eigenvalue weighted by Gasteiger charge is 2.31. The van der Waals surface area contributed by atoms with Gasteiger partial charge in [-0.1, -0.05) is 43.0 Å². The van der Waals surface area contributed by atoms with Crippen molar-refractivity contribution in [3.8, 4) is 35.3 Å². The summed E-state index contributed by atoms with van der Waals surface area (Å²) in [6.45, 7) is 6.67. The molecule has 0 aliphatic carbocycles. The normalized spacial score (nSPS) is 15.2. The molecule has 14 heteroatoms. The minimum absolute atomic E-state index is 0.0964.